The fourth-order valence-corrected chi connectivity index (χ4v) is 4.72. The third-order valence-electron chi connectivity index (χ3n) is 5.38. The zero-order valence-corrected chi connectivity index (χ0v) is 17.0. The van der Waals surface area contributed by atoms with Gasteiger partial charge in [-0.2, -0.15) is 0 Å². The van der Waals surface area contributed by atoms with Gasteiger partial charge in [-0.15, -0.1) is 11.3 Å². The van der Waals surface area contributed by atoms with Crippen molar-refractivity contribution in [2.45, 2.75) is 45.1 Å². The lowest BCUT2D eigenvalue weighted by Gasteiger charge is -2.40. The quantitative estimate of drug-likeness (QED) is 0.770. The number of thiophene rings is 1. The SMILES string of the molecule is CCC1c2ccsc2CCN1C(=O)C(C)(C)c1ccc(OC)c(OC)c1. The number of rotatable bonds is 5. The molecule has 0 spiro atoms. The van der Waals surface area contributed by atoms with Crippen LogP contribution in [0.15, 0.2) is 29.6 Å². The van der Waals surface area contributed by atoms with Crippen LogP contribution < -0.4 is 9.47 Å². The minimum atomic E-state index is -0.638. The molecule has 0 aliphatic carbocycles. The van der Waals surface area contributed by atoms with Crippen LogP contribution in [0.3, 0.4) is 0 Å². The van der Waals surface area contributed by atoms with Gasteiger partial charge in [0.1, 0.15) is 0 Å². The number of hydrogen-bond acceptors (Lipinski definition) is 4. The number of ether oxygens (including phenoxy) is 2. The molecule has 140 valence electrons. The Balaban J connectivity index is 1.93. The summed E-state index contributed by atoms with van der Waals surface area (Å²) < 4.78 is 10.8. The molecule has 1 atom stereocenters. The van der Waals surface area contributed by atoms with Crippen LogP contribution in [0, 0.1) is 0 Å². The molecule has 0 saturated carbocycles. The van der Waals surface area contributed by atoms with Crippen molar-refractivity contribution in [2.75, 3.05) is 20.8 Å². The van der Waals surface area contributed by atoms with E-state index in [1.165, 1.54) is 10.4 Å². The summed E-state index contributed by atoms with van der Waals surface area (Å²) in [7, 11) is 3.23. The largest absolute Gasteiger partial charge is 0.493 e. The van der Waals surface area contributed by atoms with E-state index in [2.05, 4.69) is 23.3 Å². The summed E-state index contributed by atoms with van der Waals surface area (Å²) in [4.78, 5) is 17.0. The van der Waals surface area contributed by atoms with Gasteiger partial charge in [-0.25, -0.2) is 0 Å². The van der Waals surface area contributed by atoms with Crippen molar-refractivity contribution in [3.8, 4) is 11.5 Å². The molecule has 1 aromatic heterocycles. The Hall–Kier alpha value is -2.01. The van der Waals surface area contributed by atoms with Gasteiger partial charge in [-0.1, -0.05) is 13.0 Å². The third kappa shape index (κ3) is 3.09. The van der Waals surface area contributed by atoms with Gasteiger partial charge in [0.25, 0.3) is 0 Å². The molecule has 4 nitrogen and oxygen atoms in total. The number of methoxy groups -OCH3 is 2. The van der Waals surface area contributed by atoms with Gasteiger partial charge in [-0.05, 0) is 61.4 Å². The second kappa shape index (κ2) is 7.31. The normalized spacial score (nSPS) is 17.0. The molecule has 5 heteroatoms. The van der Waals surface area contributed by atoms with Crippen LogP contribution in [0.4, 0.5) is 0 Å². The number of hydrogen-bond donors (Lipinski definition) is 0. The molecule has 0 fully saturated rings. The molecule has 0 radical (unpaired) electrons. The van der Waals surface area contributed by atoms with Crippen LogP contribution in [-0.4, -0.2) is 31.6 Å². The maximum Gasteiger partial charge on any atom is 0.233 e. The third-order valence-corrected chi connectivity index (χ3v) is 6.38. The van der Waals surface area contributed by atoms with Crippen molar-refractivity contribution in [1.29, 1.82) is 0 Å². The van der Waals surface area contributed by atoms with Crippen molar-refractivity contribution >= 4 is 17.2 Å². The summed E-state index contributed by atoms with van der Waals surface area (Å²) in [6.07, 6.45) is 1.87. The monoisotopic (exact) mass is 373 g/mol. The van der Waals surface area contributed by atoms with Gasteiger partial charge in [0.05, 0.1) is 25.7 Å². The summed E-state index contributed by atoms with van der Waals surface area (Å²) in [6.45, 7) is 6.92. The van der Waals surface area contributed by atoms with E-state index in [0.717, 1.165) is 24.9 Å². The number of benzene rings is 1. The molecule has 0 N–H and O–H groups in total. The molecular formula is C21H27NO3S. The smallest absolute Gasteiger partial charge is 0.233 e. The molecule has 2 heterocycles. The van der Waals surface area contributed by atoms with E-state index in [4.69, 9.17) is 9.47 Å². The number of nitrogens with zero attached hydrogens (tertiary/aromatic N) is 1. The lowest BCUT2D eigenvalue weighted by atomic mass is 9.81. The summed E-state index contributed by atoms with van der Waals surface area (Å²) in [5.74, 6) is 1.48. The number of carbonyl (C=O) groups is 1. The molecule has 3 rings (SSSR count). The van der Waals surface area contributed by atoms with Crippen molar-refractivity contribution in [3.05, 3.63) is 45.6 Å². The number of fused-ring (bicyclic) bond motifs is 1. The Morgan fingerprint density at radius 2 is 1.96 bits per heavy atom. The lowest BCUT2D eigenvalue weighted by molar-refractivity contribution is -0.139. The van der Waals surface area contributed by atoms with Crippen LogP contribution >= 0.6 is 11.3 Å². The van der Waals surface area contributed by atoms with E-state index >= 15 is 0 Å². The zero-order valence-electron chi connectivity index (χ0n) is 16.2. The van der Waals surface area contributed by atoms with Gasteiger partial charge in [0.2, 0.25) is 5.91 Å². The predicted molar refractivity (Wildman–Crippen MR) is 105 cm³/mol. The number of amides is 1. The van der Waals surface area contributed by atoms with E-state index in [9.17, 15) is 4.79 Å². The van der Waals surface area contributed by atoms with Gasteiger partial charge < -0.3 is 14.4 Å². The van der Waals surface area contributed by atoms with Gasteiger partial charge in [0.15, 0.2) is 11.5 Å². The standard InChI is InChI=1S/C21H27NO3S/c1-6-16-15-10-12-26-19(15)9-11-22(16)20(23)21(2,3)14-7-8-17(24-4)18(13-14)25-5/h7-8,10,12-13,16H,6,9,11H2,1-5H3. The molecule has 1 aromatic carbocycles. The first-order valence-corrected chi connectivity index (χ1v) is 9.91. The van der Waals surface area contributed by atoms with Crippen LogP contribution in [0.2, 0.25) is 0 Å². The van der Waals surface area contributed by atoms with E-state index in [1.807, 2.05) is 32.0 Å². The Bertz CT molecular complexity index is 796. The molecule has 1 aliphatic rings. The Morgan fingerprint density at radius 1 is 1.23 bits per heavy atom. The molecule has 0 bridgehead atoms. The summed E-state index contributed by atoms with van der Waals surface area (Å²) in [6, 6.07) is 8.08. The maximum atomic E-state index is 13.5. The highest BCUT2D eigenvalue weighted by molar-refractivity contribution is 7.10. The van der Waals surface area contributed by atoms with Gasteiger partial charge in [0, 0.05) is 11.4 Å². The summed E-state index contributed by atoms with van der Waals surface area (Å²) in [5.41, 5.74) is 1.62. The second-order valence-electron chi connectivity index (χ2n) is 7.17. The Morgan fingerprint density at radius 3 is 2.62 bits per heavy atom. The van der Waals surface area contributed by atoms with Crippen molar-refractivity contribution in [3.63, 3.8) is 0 Å². The molecule has 0 saturated heterocycles. The number of carbonyl (C=O) groups excluding carboxylic acids is 1. The first-order valence-electron chi connectivity index (χ1n) is 9.03. The lowest BCUT2D eigenvalue weighted by Crippen LogP contribution is -2.47. The minimum absolute atomic E-state index is 0.161. The maximum absolute atomic E-state index is 13.5. The Labute approximate surface area is 159 Å². The molecule has 1 unspecified atom stereocenters. The van der Waals surface area contributed by atoms with E-state index < -0.39 is 5.41 Å². The topological polar surface area (TPSA) is 38.8 Å². The molecule has 1 amide bonds. The highest BCUT2D eigenvalue weighted by Gasteiger charge is 2.39. The van der Waals surface area contributed by atoms with Crippen LogP contribution in [0.5, 0.6) is 11.5 Å². The average molecular weight is 374 g/mol. The molecule has 2 aromatic rings. The highest BCUT2D eigenvalue weighted by atomic mass is 32.1. The van der Waals surface area contributed by atoms with Gasteiger partial charge in [-0.3, -0.25) is 4.79 Å². The highest BCUT2D eigenvalue weighted by Crippen LogP contribution is 2.40. The predicted octanol–water partition coefficient (Wildman–Crippen LogP) is 4.58. The molecular weight excluding hydrogens is 346 g/mol. The van der Waals surface area contributed by atoms with Crippen molar-refractivity contribution in [1.82, 2.24) is 4.90 Å². The van der Waals surface area contributed by atoms with E-state index in [0.29, 0.717) is 11.5 Å². The van der Waals surface area contributed by atoms with Crippen LogP contribution in [0.25, 0.3) is 0 Å². The van der Waals surface area contributed by atoms with E-state index in [1.54, 1.807) is 25.6 Å². The van der Waals surface area contributed by atoms with Crippen molar-refractivity contribution in [2.24, 2.45) is 0 Å². The summed E-state index contributed by atoms with van der Waals surface area (Å²) >= 11 is 1.80. The first kappa shape index (κ1) is 18.8. The zero-order chi connectivity index (χ0) is 18.9. The average Bonchev–Trinajstić information content (AvgIpc) is 3.14. The Kier molecular flexibility index (Phi) is 5.28. The van der Waals surface area contributed by atoms with Crippen LogP contribution in [-0.2, 0) is 16.6 Å². The molecule has 26 heavy (non-hydrogen) atoms. The van der Waals surface area contributed by atoms with Crippen LogP contribution in [0.1, 0.15) is 49.2 Å². The second-order valence-corrected chi connectivity index (χ2v) is 8.17. The minimum Gasteiger partial charge on any atom is -0.493 e. The van der Waals surface area contributed by atoms with Crippen molar-refractivity contribution < 1.29 is 14.3 Å². The summed E-state index contributed by atoms with van der Waals surface area (Å²) in [5, 5.41) is 2.14. The fourth-order valence-electron chi connectivity index (χ4n) is 3.79. The fraction of sp³-hybridized carbons (Fsp3) is 0.476. The first-order chi connectivity index (χ1) is 12.4. The van der Waals surface area contributed by atoms with E-state index in [-0.39, 0.29) is 11.9 Å². The van der Waals surface area contributed by atoms with Gasteiger partial charge >= 0.3 is 0 Å². The molecule has 1 aliphatic heterocycles.